The summed E-state index contributed by atoms with van der Waals surface area (Å²) < 4.78 is 0. The summed E-state index contributed by atoms with van der Waals surface area (Å²) in [5.41, 5.74) is 1.75. The van der Waals surface area contributed by atoms with Crippen molar-refractivity contribution in [1.29, 1.82) is 0 Å². The van der Waals surface area contributed by atoms with Crippen LogP contribution < -0.4 is 10.8 Å². The van der Waals surface area contributed by atoms with Crippen LogP contribution >= 0.6 is 34.5 Å². The molecule has 2 aromatic carbocycles. The van der Waals surface area contributed by atoms with Crippen LogP contribution in [-0.2, 0) is 0 Å². The van der Waals surface area contributed by atoms with Crippen LogP contribution in [0, 0.1) is 0 Å². The van der Waals surface area contributed by atoms with E-state index in [1.54, 1.807) is 24.3 Å². The van der Waals surface area contributed by atoms with Crippen LogP contribution in [0.5, 0.6) is 0 Å². The fourth-order valence-electron chi connectivity index (χ4n) is 5.15. The van der Waals surface area contributed by atoms with Gasteiger partial charge in [-0.1, -0.05) is 66.0 Å². The van der Waals surface area contributed by atoms with Gasteiger partial charge in [-0.2, -0.15) is 0 Å². The van der Waals surface area contributed by atoms with E-state index in [1.165, 1.54) is 37.0 Å². The maximum Gasteiger partial charge on any atom is 0.489 e. The Morgan fingerprint density at radius 3 is 1.95 bits per heavy atom. The Labute approximate surface area is 252 Å². The van der Waals surface area contributed by atoms with E-state index in [4.69, 9.17) is 33.2 Å². The molecule has 216 valence electrons. The van der Waals surface area contributed by atoms with E-state index >= 15 is 0 Å². The summed E-state index contributed by atoms with van der Waals surface area (Å²) in [6.07, 6.45) is 7.47. The van der Waals surface area contributed by atoms with Crippen molar-refractivity contribution < 1.29 is 14.8 Å². The van der Waals surface area contributed by atoms with Gasteiger partial charge in [0.05, 0.1) is 5.02 Å². The molecule has 2 aliphatic rings. The van der Waals surface area contributed by atoms with Gasteiger partial charge in [0.1, 0.15) is 10.7 Å². The molecule has 2 unspecified atom stereocenters. The average molecular weight is 604 g/mol. The lowest BCUT2D eigenvalue weighted by molar-refractivity contribution is 0.0505. The molecule has 3 aromatic rings. The van der Waals surface area contributed by atoms with Gasteiger partial charge in [-0.15, -0.1) is 11.3 Å². The number of halogens is 2. The van der Waals surface area contributed by atoms with Crippen LogP contribution in [0.4, 0.5) is 0 Å². The molecule has 0 radical (unpaired) electrons. The molecule has 3 heterocycles. The second-order valence-corrected chi connectivity index (χ2v) is 12.3. The smallest absolute Gasteiger partial charge is 0.423 e. The SMILES string of the molecule is CC1CCCC(C)N1.C[C@@H]1CCC[C@H](C)N1C(=O)c1csc(-c2ccccc2Cl)n1.OB(O)c1ccccc1Cl. The number of hydrogen-bond acceptors (Lipinski definition) is 6. The zero-order valence-corrected chi connectivity index (χ0v) is 26.0. The van der Waals surface area contributed by atoms with Crippen molar-refractivity contribution in [1.82, 2.24) is 15.2 Å². The number of amides is 1. The standard InChI is InChI=1S/C17H19ClN2OS.C7H15N.C6H6BClO2/c1-11-6-5-7-12(2)20(11)17(21)15-10-22-16(19-15)13-8-3-4-9-14(13)18;1-6-4-3-5-7(2)8-6;8-6-4-2-1-3-5(6)7(9)10/h3-4,8-12H,5-7H2,1-2H3;6-8H,3-5H2,1-2H3;1-4,9-10H/t11-,12+;;. The normalized spacial score (nSPS) is 22.4. The maximum absolute atomic E-state index is 12.8. The predicted octanol–water partition coefficient (Wildman–Crippen LogP) is 6.42. The van der Waals surface area contributed by atoms with E-state index < -0.39 is 7.12 Å². The Kier molecular flexibility index (Phi) is 12.9. The second-order valence-electron chi connectivity index (χ2n) is 10.7. The number of carbonyl (C=O) groups is 1. The number of rotatable bonds is 3. The molecule has 4 atom stereocenters. The monoisotopic (exact) mass is 603 g/mol. The van der Waals surface area contributed by atoms with Gasteiger partial charge >= 0.3 is 7.12 Å². The van der Waals surface area contributed by atoms with E-state index in [9.17, 15) is 4.79 Å². The summed E-state index contributed by atoms with van der Waals surface area (Å²) in [5.74, 6) is 0.0363. The highest BCUT2D eigenvalue weighted by Gasteiger charge is 2.31. The van der Waals surface area contributed by atoms with Gasteiger partial charge in [0.2, 0.25) is 0 Å². The topological polar surface area (TPSA) is 85.7 Å². The molecule has 0 bridgehead atoms. The summed E-state index contributed by atoms with van der Waals surface area (Å²) in [6.45, 7) is 8.76. The Hall–Kier alpha value is -1.94. The molecule has 1 aromatic heterocycles. The van der Waals surface area contributed by atoms with Gasteiger partial charge in [0.15, 0.2) is 0 Å². The van der Waals surface area contributed by atoms with E-state index in [0.29, 0.717) is 21.2 Å². The summed E-state index contributed by atoms with van der Waals surface area (Å²) in [7, 11) is -1.48. The highest BCUT2D eigenvalue weighted by Crippen LogP contribution is 2.31. The lowest BCUT2D eigenvalue weighted by Gasteiger charge is -2.38. The zero-order valence-electron chi connectivity index (χ0n) is 23.7. The largest absolute Gasteiger partial charge is 0.489 e. The Balaban J connectivity index is 0.000000201. The first kappa shape index (κ1) is 32.6. The number of thiazole rings is 1. The van der Waals surface area contributed by atoms with E-state index in [0.717, 1.165) is 35.5 Å². The quantitative estimate of drug-likeness (QED) is 0.301. The van der Waals surface area contributed by atoms with E-state index in [2.05, 4.69) is 38.0 Å². The third kappa shape index (κ3) is 9.30. The molecular weight excluding hydrogens is 564 g/mol. The van der Waals surface area contributed by atoms with Crippen molar-refractivity contribution in [2.75, 3.05) is 0 Å². The lowest BCUT2D eigenvalue weighted by atomic mass is 9.80. The van der Waals surface area contributed by atoms with Gasteiger partial charge in [-0.25, -0.2) is 4.98 Å². The number of nitrogens with one attached hydrogen (secondary N) is 1. The number of carbonyl (C=O) groups excluding carboxylic acids is 1. The van der Waals surface area contributed by atoms with Crippen LogP contribution in [-0.4, -0.2) is 57.1 Å². The minimum atomic E-state index is -1.48. The predicted molar refractivity (Wildman–Crippen MR) is 169 cm³/mol. The van der Waals surface area contributed by atoms with Gasteiger partial charge in [0.25, 0.3) is 5.91 Å². The number of hydrogen-bond donors (Lipinski definition) is 3. The molecule has 1 amide bonds. The van der Waals surface area contributed by atoms with Crippen LogP contribution in [0.3, 0.4) is 0 Å². The molecule has 10 heteroatoms. The maximum atomic E-state index is 12.8. The molecule has 2 aliphatic heterocycles. The Morgan fingerprint density at radius 1 is 0.900 bits per heavy atom. The van der Waals surface area contributed by atoms with Crippen LogP contribution in [0.1, 0.15) is 76.7 Å². The molecule has 6 nitrogen and oxygen atoms in total. The first-order valence-corrected chi connectivity index (χ1v) is 15.6. The molecule has 40 heavy (non-hydrogen) atoms. The summed E-state index contributed by atoms with van der Waals surface area (Å²) in [4.78, 5) is 19.3. The first-order chi connectivity index (χ1) is 19.1. The number of benzene rings is 2. The van der Waals surface area contributed by atoms with E-state index in [1.807, 2.05) is 34.5 Å². The molecule has 5 rings (SSSR count). The summed E-state index contributed by atoms with van der Waals surface area (Å²) in [5, 5.41) is 24.5. The van der Waals surface area contributed by atoms with Gasteiger partial charge in [0, 0.05) is 45.6 Å². The molecular formula is C30H40BCl2N3O3S. The average Bonchev–Trinajstić information content (AvgIpc) is 3.40. The Morgan fingerprint density at radius 2 is 1.45 bits per heavy atom. The van der Waals surface area contributed by atoms with Gasteiger partial charge < -0.3 is 20.3 Å². The zero-order chi connectivity index (χ0) is 29.2. The van der Waals surface area contributed by atoms with Crippen molar-refractivity contribution in [3.63, 3.8) is 0 Å². The minimum Gasteiger partial charge on any atom is -0.423 e. The summed E-state index contributed by atoms with van der Waals surface area (Å²) >= 11 is 13.3. The fraction of sp³-hybridized carbons (Fsp3) is 0.467. The lowest BCUT2D eigenvalue weighted by Crippen LogP contribution is -2.47. The molecule has 0 aliphatic carbocycles. The van der Waals surface area contributed by atoms with Crippen molar-refractivity contribution >= 4 is 53.0 Å². The second kappa shape index (κ2) is 15.9. The van der Waals surface area contributed by atoms with Crippen LogP contribution in [0.15, 0.2) is 53.9 Å². The van der Waals surface area contributed by atoms with Gasteiger partial charge in [-0.3, -0.25) is 4.79 Å². The molecule has 3 N–H and O–H groups in total. The molecule has 0 saturated carbocycles. The first-order valence-electron chi connectivity index (χ1n) is 14.0. The van der Waals surface area contributed by atoms with Crippen molar-refractivity contribution in [3.05, 3.63) is 69.7 Å². The number of piperidine rings is 2. The molecule has 2 fully saturated rings. The van der Waals surface area contributed by atoms with E-state index in [-0.39, 0.29) is 18.0 Å². The van der Waals surface area contributed by atoms with Crippen LogP contribution in [0.2, 0.25) is 10.0 Å². The Bertz CT molecular complexity index is 1210. The third-order valence-electron chi connectivity index (χ3n) is 7.28. The van der Waals surface area contributed by atoms with Crippen LogP contribution in [0.25, 0.3) is 10.6 Å². The minimum absolute atomic E-state index is 0.0363. The summed E-state index contributed by atoms with van der Waals surface area (Å²) in [6, 6.07) is 16.3. The molecule has 2 saturated heterocycles. The number of aromatic nitrogens is 1. The number of nitrogens with zero attached hydrogens (tertiary/aromatic N) is 2. The van der Waals surface area contributed by atoms with Gasteiger partial charge in [-0.05, 0) is 71.9 Å². The molecule has 0 spiro atoms. The van der Waals surface area contributed by atoms with Crippen molar-refractivity contribution in [3.8, 4) is 10.6 Å². The fourth-order valence-corrected chi connectivity index (χ4v) is 6.50. The van der Waals surface area contributed by atoms with Crippen molar-refractivity contribution in [2.24, 2.45) is 0 Å². The number of likely N-dealkylation sites (tertiary alicyclic amines) is 1. The highest BCUT2D eigenvalue weighted by atomic mass is 35.5. The third-order valence-corrected chi connectivity index (χ3v) is 8.83. The van der Waals surface area contributed by atoms with Crippen molar-refractivity contribution in [2.45, 2.75) is 90.4 Å². The highest BCUT2D eigenvalue weighted by molar-refractivity contribution is 7.13.